The molecule has 3 rings (SSSR count). The van der Waals surface area contributed by atoms with Crippen molar-refractivity contribution in [2.45, 2.75) is 52.5 Å². The highest BCUT2D eigenvalue weighted by atomic mass is 19.1. The van der Waals surface area contributed by atoms with Gasteiger partial charge in [0.05, 0.1) is 23.4 Å². The zero-order valence-electron chi connectivity index (χ0n) is 15.9. The van der Waals surface area contributed by atoms with E-state index in [1.807, 2.05) is 6.92 Å². The van der Waals surface area contributed by atoms with Crippen molar-refractivity contribution < 1.29 is 9.18 Å². The van der Waals surface area contributed by atoms with E-state index in [9.17, 15) is 14.0 Å². The van der Waals surface area contributed by atoms with Crippen LogP contribution in [0.1, 0.15) is 50.8 Å². The lowest BCUT2D eigenvalue weighted by Gasteiger charge is -2.31. The number of nitrogens with zero attached hydrogens (tertiary/aromatic N) is 2. The van der Waals surface area contributed by atoms with Gasteiger partial charge in [-0.1, -0.05) is 38.8 Å². The molecule has 1 aromatic heterocycles. The van der Waals surface area contributed by atoms with Crippen LogP contribution in [-0.4, -0.2) is 27.3 Å². The van der Waals surface area contributed by atoms with E-state index < -0.39 is 5.82 Å². The molecule has 27 heavy (non-hydrogen) atoms. The molecule has 2 heterocycles. The van der Waals surface area contributed by atoms with Crippen LogP contribution in [0.3, 0.4) is 0 Å². The van der Waals surface area contributed by atoms with E-state index in [-0.39, 0.29) is 35.3 Å². The summed E-state index contributed by atoms with van der Waals surface area (Å²) in [6.07, 6.45) is 4.30. The third kappa shape index (κ3) is 4.10. The van der Waals surface area contributed by atoms with Crippen molar-refractivity contribution in [1.29, 1.82) is 0 Å². The Balaban J connectivity index is 1.84. The van der Waals surface area contributed by atoms with Crippen molar-refractivity contribution >= 4 is 5.91 Å². The molecule has 5 nitrogen and oxygen atoms in total. The van der Waals surface area contributed by atoms with Crippen molar-refractivity contribution in [3.05, 3.63) is 51.7 Å². The molecule has 2 aromatic rings. The Bertz CT molecular complexity index is 878. The smallest absolute Gasteiger partial charge is 0.256 e. The molecule has 1 N–H and O–H groups in total. The second-order valence-electron chi connectivity index (χ2n) is 7.08. The summed E-state index contributed by atoms with van der Waals surface area (Å²) < 4.78 is 14.0. The normalized spacial score (nSPS) is 14.7. The number of hydrogen-bond acceptors (Lipinski definition) is 3. The third-order valence-electron chi connectivity index (χ3n) is 5.26. The maximum Gasteiger partial charge on any atom is 0.256 e. The lowest BCUT2D eigenvalue weighted by molar-refractivity contribution is -0.136. The first kappa shape index (κ1) is 19.3. The first-order valence-corrected chi connectivity index (χ1v) is 9.70. The Labute approximate surface area is 158 Å². The number of nitrogens with one attached hydrogen (secondary N) is 1. The van der Waals surface area contributed by atoms with Gasteiger partial charge in [0.25, 0.3) is 5.56 Å². The average molecular weight is 371 g/mol. The minimum atomic E-state index is -0.421. The third-order valence-corrected chi connectivity index (χ3v) is 5.26. The monoisotopic (exact) mass is 371 g/mol. The van der Waals surface area contributed by atoms with E-state index in [2.05, 4.69) is 16.9 Å². The van der Waals surface area contributed by atoms with Crippen LogP contribution in [0.25, 0.3) is 11.4 Å². The van der Waals surface area contributed by atoms with Gasteiger partial charge in [-0.2, -0.15) is 0 Å². The van der Waals surface area contributed by atoms with Crippen LogP contribution in [0.4, 0.5) is 4.39 Å². The summed E-state index contributed by atoms with van der Waals surface area (Å²) in [5.74, 6) is -0.0497. The number of amides is 1. The number of rotatable bonds is 6. The summed E-state index contributed by atoms with van der Waals surface area (Å²) in [7, 11) is 0. The molecule has 1 atom stereocenters. The highest BCUT2D eigenvalue weighted by molar-refractivity contribution is 5.79. The Kier molecular flexibility index (Phi) is 6.04. The van der Waals surface area contributed by atoms with Crippen molar-refractivity contribution in [1.82, 2.24) is 14.9 Å². The number of halogens is 1. The van der Waals surface area contributed by atoms with Gasteiger partial charge in [0, 0.05) is 18.9 Å². The van der Waals surface area contributed by atoms with Crippen molar-refractivity contribution in [2.24, 2.45) is 5.92 Å². The van der Waals surface area contributed by atoms with E-state index in [1.54, 1.807) is 23.1 Å². The number of aromatic amines is 1. The minimum absolute atomic E-state index is 0.0104. The van der Waals surface area contributed by atoms with Crippen molar-refractivity contribution in [2.75, 3.05) is 6.54 Å². The predicted molar refractivity (Wildman–Crippen MR) is 103 cm³/mol. The van der Waals surface area contributed by atoms with Gasteiger partial charge in [0.2, 0.25) is 5.91 Å². The maximum atomic E-state index is 14.0. The number of benzene rings is 1. The Morgan fingerprint density at radius 3 is 2.81 bits per heavy atom. The molecule has 1 amide bonds. The Morgan fingerprint density at radius 2 is 2.11 bits per heavy atom. The molecule has 1 aliphatic rings. The molecule has 0 fully saturated rings. The fourth-order valence-electron chi connectivity index (χ4n) is 3.60. The minimum Gasteiger partial charge on any atom is -0.337 e. The summed E-state index contributed by atoms with van der Waals surface area (Å²) >= 11 is 0. The topological polar surface area (TPSA) is 66.1 Å². The number of fused-ring (bicyclic) bond motifs is 1. The van der Waals surface area contributed by atoms with Crippen LogP contribution >= 0.6 is 0 Å². The number of carbonyl (C=O) groups is 1. The van der Waals surface area contributed by atoms with Gasteiger partial charge in [-0.25, -0.2) is 9.37 Å². The van der Waals surface area contributed by atoms with Crippen molar-refractivity contribution in [3.63, 3.8) is 0 Å². The molecule has 0 saturated heterocycles. The van der Waals surface area contributed by atoms with Gasteiger partial charge in [0.15, 0.2) is 0 Å². The predicted octanol–water partition coefficient (Wildman–Crippen LogP) is 3.68. The van der Waals surface area contributed by atoms with E-state index >= 15 is 0 Å². The standard InChI is InChI=1S/C21H26FN3O2/c1-3-5-8-14(4-2)21(27)25-12-11-18-16(13-25)20(26)24-19(23-18)15-9-6-7-10-17(15)22/h6-7,9-10,14H,3-5,8,11-13H2,1-2H3,(H,23,24,26)/t14-/m1/s1. The van der Waals surface area contributed by atoms with Crippen LogP contribution in [0.15, 0.2) is 29.1 Å². The summed E-state index contributed by atoms with van der Waals surface area (Å²) in [5.41, 5.74) is 1.15. The summed E-state index contributed by atoms with van der Waals surface area (Å²) in [6.45, 7) is 4.97. The first-order valence-electron chi connectivity index (χ1n) is 9.70. The molecule has 0 aliphatic carbocycles. The summed E-state index contributed by atoms with van der Waals surface area (Å²) in [5, 5.41) is 0. The number of H-pyrrole nitrogens is 1. The number of carbonyl (C=O) groups excluding carboxylic acids is 1. The van der Waals surface area contributed by atoms with Crippen LogP contribution in [-0.2, 0) is 17.8 Å². The van der Waals surface area contributed by atoms with E-state index in [1.165, 1.54) is 6.07 Å². The van der Waals surface area contributed by atoms with E-state index in [4.69, 9.17) is 0 Å². The molecule has 0 radical (unpaired) electrons. The lowest BCUT2D eigenvalue weighted by atomic mass is 9.96. The molecule has 144 valence electrons. The van der Waals surface area contributed by atoms with Crippen LogP contribution in [0.2, 0.25) is 0 Å². The van der Waals surface area contributed by atoms with Gasteiger partial charge in [-0.15, -0.1) is 0 Å². The van der Waals surface area contributed by atoms with Gasteiger partial charge in [-0.3, -0.25) is 9.59 Å². The molecule has 0 unspecified atom stereocenters. The molecule has 1 aliphatic heterocycles. The van der Waals surface area contributed by atoms with Gasteiger partial charge >= 0.3 is 0 Å². The van der Waals surface area contributed by atoms with Gasteiger partial charge in [-0.05, 0) is 25.0 Å². The van der Waals surface area contributed by atoms with Crippen molar-refractivity contribution in [3.8, 4) is 11.4 Å². The maximum absolute atomic E-state index is 14.0. The van der Waals surface area contributed by atoms with Crippen LogP contribution in [0, 0.1) is 11.7 Å². The number of aromatic nitrogens is 2. The molecular formula is C21H26FN3O2. The first-order chi connectivity index (χ1) is 13.0. The fourth-order valence-corrected chi connectivity index (χ4v) is 3.60. The summed E-state index contributed by atoms with van der Waals surface area (Å²) in [6, 6.07) is 6.25. The van der Waals surface area contributed by atoms with Crippen LogP contribution in [0.5, 0.6) is 0 Å². The number of hydrogen-bond donors (Lipinski definition) is 1. The molecule has 1 aromatic carbocycles. The Hall–Kier alpha value is -2.50. The highest BCUT2D eigenvalue weighted by Gasteiger charge is 2.28. The summed E-state index contributed by atoms with van der Waals surface area (Å²) in [4.78, 5) is 34.4. The van der Waals surface area contributed by atoms with Gasteiger partial charge in [0.1, 0.15) is 11.6 Å². The van der Waals surface area contributed by atoms with Crippen LogP contribution < -0.4 is 5.56 Å². The molecule has 0 bridgehead atoms. The zero-order chi connectivity index (χ0) is 19.4. The van der Waals surface area contributed by atoms with E-state index in [0.717, 1.165) is 25.7 Å². The second kappa shape index (κ2) is 8.46. The largest absolute Gasteiger partial charge is 0.337 e. The Morgan fingerprint density at radius 1 is 1.33 bits per heavy atom. The quantitative estimate of drug-likeness (QED) is 0.842. The zero-order valence-corrected chi connectivity index (χ0v) is 15.9. The molecule has 0 saturated carbocycles. The van der Waals surface area contributed by atoms with E-state index in [0.29, 0.717) is 24.2 Å². The molecule has 0 spiro atoms. The van der Waals surface area contributed by atoms with Gasteiger partial charge < -0.3 is 9.88 Å². The fraction of sp³-hybridized carbons (Fsp3) is 0.476. The second-order valence-corrected chi connectivity index (χ2v) is 7.08. The molecular weight excluding hydrogens is 345 g/mol. The molecule has 6 heteroatoms. The SMILES string of the molecule is CCCC[C@@H](CC)C(=O)N1CCc2nc(-c3ccccc3F)[nH]c(=O)c2C1. The average Bonchev–Trinajstić information content (AvgIpc) is 2.68. The highest BCUT2D eigenvalue weighted by Crippen LogP contribution is 2.23. The lowest BCUT2D eigenvalue weighted by Crippen LogP contribution is -2.42. The number of unbranched alkanes of at least 4 members (excludes halogenated alkanes) is 1.